The molecule has 1 heterocycles. The molecule has 0 unspecified atom stereocenters. The van der Waals surface area contributed by atoms with Crippen LogP contribution < -0.4 is 0 Å². The lowest BCUT2D eigenvalue weighted by molar-refractivity contribution is -0.136. The Labute approximate surface area is 91.1 Å². The van der Waals surface area contributed by atoms with E-state index >= 15 is 0 Å². The van der Waals surface area contributed by atoms with Crippen LogP contribution in [-0.2, 0) is 18.3 Å². The molecule has 0 atom stereocenters. The highest BCUT2D eigenvalue weighted by Crippen LogP contribution is 2.23. The highest BCUT2D eigenvalue weighted by Gasteiger charge is 2.08. The second-order valence-corrected chi connectivity index (χ2v) is 3.69. The quantitative estimate of drug-likeness (QED) is 0.847. The summed E-state index contributed by atoms with van der Waals surface area (Å²) in [6.07, 6.45) is 0.00115. The fourth-order valence-corrected chi connectivity index (χ4v) is 1.82. The number of carboxylic acids is 1. The predicted molar refractivity (Wildman–Crippen MR) is 57.1 cm³/mol. The normalized spacial score (nSPS) is 10.8. The first-order chi connectivity index (χ1) is 7.08. The highest BCUT2D eigenvalue weighted by atomic mass is 35.5. The zero-order valence-electron chi connectivity index (χ0n) is 8.07. The fourth-order valence-electron chi connectivity index (χ4n) is 1.55. The Morgan fingerprint density at radius 3 is 3.00 bits per heavy atom. The summed E-state index contributed by atoms with van der Waals surface area (Å²) in [7, 11) is 1.80. The zero-order chi connectivity index (χ0) is 11.0. The van der Waals surface area contributed by atoms with Gasteiger partial charge in [0.05, 0.1) is 11.9 Å². The molecule has 0 aliphatic heterocycles. The number of nitrogens with zero attached hydrogens (tertiary/aromatic N) is 2. The second kappa shape index (κ2) is 3.55. The lowest BCUT2D eigenvalue weighted by Gasteiger charge is -1.98. The van der Waals surface area contributed by atoms with Crippen molar-refractivity contribution in [2.75, 3.05) is 0 Å². The van der Waals surface area contributed by atoms with E-state index in [2.05, 4.69) is 5.10 Å². The van der Waals surface area contributed by atoms with Crippen molar-refractivity contribution in [2.45, 2.75) is 6.42 Å². The number of halogens is 1. The number of aliphatic carboxylic acids is 1. The first-order valence-electron chi connectivity index (χ1n) is 4.41. The Balaban J connectivity index is 2.55. The van der Waals surface area contributed by atoms with Gasteiger partial charge in [0, 0.05) is 12.4 Å². The van der Waals surface area contributed by atoms with Gasteiger partial charge in [-0.25, -0.2) is 0 Å². The molecule has 0 spiro atoms. The Hall–Kier alpha value is -1.55. The lowest BCUT2D eigenvalue weighted by atomic mass is 10.1. The van der Waals surface area contributed by atoms with Crippen LogP contribution in [0.5, 0.6) is 0 Å². The standard InChI is InChI=1S/C10H9ClN2O2/c1-13-8-3-2-6(5-9(14)15)4-7(8)10(11)12-13/h2-4H,5H2,1H3,(H,14,15). The Morgan fingerprint density at radius 2 is 2.33 bits per heavy atom. The van der Waals surface area contributed by atoms with Gasteiger partial charge in [-0.15, -0.1) is 0 Å². The van der Waals surface area contributed by atoms with E-state index in [0.29, 0.717) is 5.15 Å². The molecule has 78 valence electrons. The Morgan fingerprint density at radius 1 is 1.60 bits per heavy atom. The van der Waals surface area contributed by atoms with Crippen LogP contribution in [0.3, 0.4) is 0 Å². The number of benzene rings is 1. The Kier molecular flexibility index (Phi) is 2.36. The third-order valence-corrected chi connectivity index (χ3v) is 2.50. The van der Waals surface area contributed by atoms with Gasteiger partial charge in [0.2, 0.25) is 0 Å². The third-order valence-electron chi connectivity index (χ3n) is 2.23. The molecule has 0 fully saturated rings. The van der Waals surface area contributed by atoms with Crippen molar-refractivity contribution >= 4 is 28.5 Å². The van der Waals surface area contributed by atoms with Crippen molar-refractivity contribution < 1.29 is 9.90 Å². The molecule has 2 rings (SSSR count). The first kappa shape index (κ1) is 9.98. The summed E-state index contributed by atoms with van der Waals surface area (Å²) in [6, 6.07) is 5.36. The van der Waals surface area contributed by atoms with E-state index < -0.39 is 5.97 Å². The van der Waals surface area contributed by atoms with Gasteiger partial charge in [-0.2, -0.15) is 5.10 Å². The third kappa shape index (κ3) is 1.80. The van der Waals surface area contributed by atoms with Gasteiger partial charge in [-0.3, -0.25) is 9.48 Å². The van der Waals surface area contributed by atoms with Crippen molar-refractivity contribution in [1.29, 1.82) is 0 Å². The largest absolute Gasteiger partial charge is 0.481 e. The molecule has 2 aromatic rings. The minimum Gasteiger partial charge on any atom is -0.481 e. The molecular formula is C10H9ClN2O2. The molecule has 0 saturated carbocycles. The van der Waals surface area contributed by atoms with Crippen molar-refractivity contribution in [1.82, 2.24) is 9.78 Å². The highest BCUT2D eigenvalue weighted by molar-refractivity contribution is 6.34. The number of aromatic nitrogens is 2. The molecule has 0 amide bonds. The Bertz CT molecular complexity index is 533. The minimum atomic E-state index is -0.852. The number of rotatable bonds is 2. The summed E-state index contributed by atoms with van der Waals surface area (Å²) in [5.41, 5.74) is 1.62. The van der Waals surface area contributed by atoms with Crippen LogP contribution in [0.2, 0.25) is 5.15 Å². The van der Waals surface area contributed by atoms with Crippen LogP contribution in [-0.4, -0.2) is 20.9 Å². The molecule has 0 bridgehead atoms. The summed E-state index contributed by atoms with van der Waals surface area (Å²) in [5, 5.41) is 13.9. The fraction of sp³-hybridized carbons (Fsp3) is 0.200. The number of aryl methyl sites for hydroxylation is 1. The van der Waals surface area contributed by atoms with Gasteiger partial charge in [0.1, 0.15) is 0 Å². The van der Waals surface area contributed by atoms with E-state index in [0.717, 1.165) is 16.5 Å². The molecule has 1 aromatic heterocycles. The molecule has 0 radical (unpaired) electrons. The minimum absolute atomic E-state index is 0.00115. The molecule has 5 heteroatoms. The van der Waals surface area contributed by atoms with Gasteiger partial charge in [-0.05, 0) is 17.7 Å². The van der Waals surface area contributed by atoms with Crippen LogP contribution in [0.4, 0.5) is 0 Å². The molecular weight excluding hydrogens is 216 g/mol. The van der Waals surface area contributed by atoms with Gasteiger partial charge in [-0.1, -0.05) is 17.7 Å². The summed E-state index contributed by atoms with van der Waals surface area (Å²) >= 11 is 5.91. The van der Waals surface area contributed by atoms with E-state index in [4.69, 9.17) is 16.7 Å². The van der Waals surface area contributed by atoms with E-state index in [1.54, 1.807) is 23.9 Å². The maximum Gasteiger partial charge on any atom is 0.307 e. The topological polar surface area (TPSA) is 55.1 Å². The van der Waals surface area contributed by atoms with Gasteiger partial charge >= 0.3 is 5.97 Å². The van der Waals surface area contributed by atoms with E-state index in [1.165, 1.54) is 0 Å². The number of carbonyl (C=O) groups is 1. The van der Waals surface area contributed by atoms with Gasteiger partial charge in [0.15, 0.2) is 5.15 Å². The van der Waals surface area contributed by atoms with Crippen LogP contribution in [0.1, 0.15) is 5.56 Å². The van der Waals surface area contributed by atoms with Crippen LogP contribution in [0, 0.1) is 0 Å². The summed E-state index contributed by atoms with van der Waals surface area (Å²) in [5.74, 6) is -0.852. The molecule has 1 aromatic carbocycles. The summed E-state index contributed by atoms with van der Waals surface area (Å²) in [6.45, 7) is 0. The van der Waals surface area contributed by atoms with Crippen molar-refractivity contribution in [3.63, 3.8) is 0 Å². The first-order valence-corrected chi connectivity index (χ1v) is 4.78. The van der Waals surface area contributed by atoms with Crippen molar-refractivity contribution in [3.8, 4) is 0 Å². The molecule has 0 aliphatic rings. The number of fused-ring (bicyclic) bond motifs is 1. The van der Waals surface area contributed by atoms with Gasteiger partial charge < -0.3 is 5.11 Å². The smallest absolute Gasteiger partial charge is 0.307 e. The average Bonchev–Trinajstić information content (AvgIpc) is 2.41. The maximum atomic E-state index is 10.5. The zero-order valence-corrected chi connectivity index (χ0v) is 8.82. The van der Waals surface area contributed by atoms with E-state index in [9.17, 15) is 4.79 Å². The van der Waals surface area contributed by atoms with Crippen molar-refractivity contribution in [3.05, 3.63) is 28.9 Å². The molecule has 0 aliphatic carbocycles. The lowest BCUT2D eigenvalue weighted by Crippen LogP contribution is -1.99. The number of hydrogen-bond donors (Lipinski definition) is 1. The summed E-state index contributed by atoms with van der Waals surface area (Å²) < 4.78 is 1.67. The molecule has 4 nitrogen and oxygen atoms in total. The predicted octanol–water partition coefficient (Wildman–Crippen LogP) is 1.85. The molecule has 15 heavy (non-hydrogen) atoms. The SMILES string of the molecule is Cn1nc(Cl)c2cc(CC(=O)O)ccc21. The number of hydrogen-bond acceptors (Lipinski definition) is 2. The van der Waals surface area contributed by atoms with Crippen LogP contribution in [0.15, 0.2) is 18.2 Å². The van der Waals surface area contributed by atoms with Crippen LogP contribution >= 0.6 is 11.6 Å². The second-order valence-electron chi connectivity index (χ2n) is 3.34. The van der Waals surface area contributed by atoms with Gasteiger partial charge in [0.25, 0.3) is 0 Å². The average molecular weight is 225 g/mol. The molecule has 0 saturated heterocycles. The summed E-state index contributed by atoms with van der Waals surface area (Å²) in [4.78, 5) is 10.5. The maximum absolute atomic E-state index is 10.5. The van der Waals surface area contributed by atoms with Crippen LogP contribution in [0.25, 0.3) is 10.9 Å². The van der Waals surface area contributed by atoms with E-state index in [1.807, 2.05) is 6.07 Å². The number of carboxylic acid groups (broad SMARTS) is 1. The van der Waals surface area contributed by atoms with Crippen molar-refractivity contribution in [2.24, 2.45) is 7.05 Å². The monoisotopic (exact) mass is 224 g/mol. The molecule has 1 N–H and O–H groups in total. The van der Waals surface area contributed by atoms with E-state index in [-0.39, 0.29) is 6.42 Å².